The van der Waals surface area contributed by atoms with Crippen LogP contribution in [0, 0.1) is 25.5 Å². The maximum atomic E-state index is 14.2. The fraction of sp³-hybridized carbons (Fsp3) is 0.143. The van der Waals surface area contributed by atoms with Crippen molar-refractivity contribution >= 4 is 78.3 Å². The molecule has 0 aliphatic rings. The Morgan fingerprint density at radius 3 is 1.48 bits per heavy atom. The van der Waals surface area contributed by atoms with E-state index < -0.39 is 63.3 Å². The number of nitrogens with one attached hydrogen (secondary N) is 1. The number of pyridine rings is 2. The summed E-state index contributed by atoms with van der Waals surface area (Å²) in [6.45, 7) is 3.63. The Bertz CT molecular complexity index is 2770. The number of aromatic nitrogens is 2. The number of halogens is 12. The second-order valence-corrected chi connectivity index (χ2v) is 15.2. The zero-order valence-corrected chi connectivity index (χ0v) is 39.0. The average Bonchev–Trinajstić information content (AvgIpc) is 3.23. The molecule has 6 rings (SSSR count). The number of amides is 1. The Kier molecular flexibility index (Phi) is 18.3. The number of anilines is 2. The van der Waals surface area contributed by atoms with Crippen molar-refractivity contribution in [1.82, 2.24) is 9.97 Å². The maximum absolute atomic E-state index is 14.2. The number of aromatic carboxylic acids is 1. The van der Waals surface area contributed by atoms with Gasteiger partial charge in [-0.25, -0.2) is 23.5 Å². The summed E-state index contributed by atoms with van der Waals surface area (Å²) in [7, 11) is 2.37. The summed E-state index contributed by atoms with van der Waals surface area (Å²) in [4.78, 5) is 32.2. The fourth-order valence-electron chi connectivity index (χ4n) is 5.07. The lowest BCUT2D eigenvalue weighted by Crippen LogP contribution is -2.17. The average molecular weight is 1120 g/mol. The lowest BCUT2D eigenvalue weighted by molar-refractivity contribution is -0.275. The third-order valence-corrected chi connectivity index (χ3v) is 9.77. The SMILES string of the molecule is COc1cc(OC(F)(F)F)ccc1Oc1ccc(F)c(Cl)c1C(=O)Nc1cc(Br)ncc1C.COc1cc(OC(F)(F)F)ccc1Oc1ccc(F)c(Cl)c1C(=O)O.Cc1cnc(Br)cc1N. The molecule has 0 unspecified atom stereocenters. The second kappa shape index (κ2) is 22.9. The Balaban J connectivity index is 0.000000253. The van der Waals surface area contributed by atoms with Gasteiger partial charge in [0.15, 0.2) is 23.0 Å². The van der Waals surface area contributed by atoms with Crippen LogP contribution in [0.15, 0.2) is 94.4 Å². The molecule has 2 heterocycles. The van der Waals surface area contributed by atoms with Crippen LogP contribution in [0.3, 0.4) is 0 Å². The Morgan fingerprint density at radius 2 is 1.06 bits per heavy atom. The van der Waals surface area contributed by atoms with Gasteiger partial charge >= 0.3 is 18.7 Å². The molecule has 0 fully saturated rings. The number of rotatable bonds is 11. The number of carboxylic acids is 1. The molecule has 0 spiro atoms. The number of ether oxygens (including phenoxy) is 6. The van der Waals surface area contributed by atoms with Gasteiger partial charge in [0.2, 0.25) is 0 Å². The molecule has 0 aliphatic heterocycles. The smallest absolute Gasteiger partial charge is 0.493 e. The second-order valence-electron chi connectivity index (χ2n) is 12.8. The first-order valence-corrected chi connectivity index (χ1v) is 20.4. The number of carboxylic acid groups (broad SMARTS) is 1. The molecule has 25 heteroatoms. The summed E-state index contributed by atoms with van der Waals surface area (Å²) in [5.74, 6) is -6.23. The van der Waals surface area contributed by atoms with Crippen molar-refractivity contribution < 1.29 is 78.2 Å². The molecule has 356 valence electrons. The summed E-state index contributed by atoms with van der Waals surface area (Å²) in [5, 5.41) is 10.6. The summed E-state index contributed by atoms with van der Waals surface area (Å²) >= 11 is 18.1. The Morgan fingerprint density at radius 1 is 0.642 bits per heavy atom. The number of hydrogen-bond acceptors (Lipinski definition) is 11. The van der Waals surface area contributed by atoms with E-state index in [2.05, 4.69) is 56.6 Å². The summed E-state index contributed by atoms with van der Waals surface area (Å²) in [5.41, 5.74) is 7.38. The highest BCUT2D eigenvalue weighted by Crippen LogP contribution is 2.41. The van der Waals surface area contributed by atoms with E-state index in [1.165, 1.54) is 13.3 Å². The van der Waals surface area contributed by atoms with E-state index in [1.54, 1.807) is 25.3 Å². The van der Waals surface area contributed by atoms with Crippen LogP contribution < -0.4 is 39.5 Å². The van der Waals surface area contributed by atoms with Crippen molar-refractivity contribution in [1.29, 1.82) is 0 Å². The van der Waals surface area contributed by atoms with E-state index in [-0.39, 0.29) is 40.1 Å². The lowest BCUT2D eigenvalue weighted by atomic mass is 10.1. The van der Waals surface area contributed by atoms with Gasteiger partial charge in [0, 0.05) is 35.9 Å². The summed E-state index contributed by atoms with van der Waals surface area (Å²) in [6.07, 6.45) is -6.54. The third kappa shape index (κ3) is 15.4. The highest BCUT2D eigenvalue weighted by molar-refractivity contribution is 9.10. The Hall–Kier alpha value is -6.30. The molecule has 4 aromatic carbocycles. The van der Waals surface area contributed by atoms with Crippen LogP contribution in [0.2, 0.25) is 10.0 Å². The molecule has 0 bridgehead atoms. The number of nitrogen functional groups attached to an aromatic ring is 1. The van der Waals surface area contributed by atoms with E-state index in [4.69, 9.17) is 53.0 Å². The minimum atomic E-state index is -4.90. The van der Waals surface area contributed by atoms with Crippen molar-refractivity contribution in [3.8, 4) is 46.0 Å². The molecule has 13 nitrogen and oxygen atoms in total. The molecule has 2 aromatic heterocycles. The molecule has 67 heavy (non-hydrogen) atoms. The van der Waals surface area contributed by atoms with Gasteiger partial charge in [0.1, 0.15) is 55.0 Å². The number of methoxy groups -OCH3 is 2. The van der Waals surface area contributed by atoms with Gasteiger partial charge in [-0.2, -0.15) is 0 Å². The van der Waals surface area contributed by atoms with Crippen LogP contribution in [0.1, 0.15) is 31.8 Å². The van der Waals surface area contributed by atoms with E-state index in [0.717, 1.165) is 83.6 Å². The van der Waals surface area contributed by atoms with Crippen LogP contribution >= 0.6 is 55.1 Å². The third-order valence-electron chi connectivity index (χ3n) is 8.16. The van der Waals surface area contributed by atoms with Crippen LogP contribution in [0.4, 0.5) is 46.5 Å². The predicted molar refractivity (Wildman–Crippen MR) is 235 cm³/mol. The van der Waals surface area contributed by atoms with Crippen LogP contribution in [0.5, 0.6) is 46.0 Å². The van der Waals surface area contributed by atoms with Crippen molar-refractivity contribution in [2.24, 2.45) is 0 Å². The first kappa shape index (κ1) is 53.3. The minimum Gasteiger partial charge on any atom is -0.493 e. The van der Waals surface area contributed by atoms with E-state index in [9.17, 15) is 44.7 Å². The minimum absolute atomic E-state index is 0.0633. The molecule has 0 aliphatic carbocycles. The number of carbonyl (C=O) groups excluding carboxylic acids is 1. The molecule has 0 atom stereocenters. The highest BCUT2D eigenvalue weighted by atomic mass is 79.9. The molecule has 0 saturated carbocycles. The van der Waals surface area contributed by atoms with Gasteiger partial charge in [-0.05, 0) is 117 Å². The summed E-state index contributed by atoms with van der Waals surface area (Å²) in [6, 6.07) is 13.4. The molecule has 0 radical (unpaired) electrons. The number of hydrogen-bond donors (Lipinski definition) is 3. The van der Waals surface area contributed by atoms with E-state index in [0.29, 0.717) is 15.9 Å². The van der Waals surface area contributed by atoms with Gasteiger partial charge in [-0.1, -0.05) is 23.2 Å². The quantitative estimate of drug-likeness (QED) is 0.0829. The van der Waals surface area contributed by atoms with E-state index >= 15 is 0 Å². The van der Waals surface area contributed by atoms with Gasteiger partial charge in [0.25, 0.3) is 5.91 Å². The molecule has 0 saturated heterocycles. The topological polar surface area (TPSA) is 174 Å². The number of aryl methyl sites for hydroxylation is 2. The Labute approximate surface area is 400 Å². The van der Waals surface area contributed by atoms with Gasteiger partial charge in [-0.3, -0.25) is 4.79 Å². The van der Waals surface area contributed by atoms with Crippen LogP contribution in [-0.2, 0) is 0 Å². The van der Waals surface area contributed by atoms with Crippen molar-refractivity contribution in [3.63, 3.8) is 0 Å². The van der Waals surface area contributed by atoms with Crippen LogP contribution in [-0.4, -0.2) is 53.9 Å². The van der Waals surface area contributed by atoms with Crippen molar-refractivity contribution in [2.45, 2.75) is 26.6 Å². The summed E-state index contributed by atoms with van der Waals surface area (Å²) < 4.78 is 132. The number of carbonyl (C=O) groups is 2. The van der Waals surface area contributed by atoms with Gasteiger partial charge in [0.05, 0.1) is 24.3 Å². The highest BCUT2D eigenvalue weighted by Gasteiger charge is 2.33. The zero-order chi connectivity index (χ0) is 50.0. The van der Waals surface area contributed by atoms with Gasteiger partial charge in [-0.15, -0.1) is 26.3 Å². The number of alkyl halides is 6. The van der Waals surface area contributed by atoms with Crippen molar-refractivity contribution in [2.75, 3.05) is 25.3 Å². The van der Waals surface area contributed by atoms with Gasteiger partial charge < -0.3 is 44.6 Å². The van der Waals surface area contributed by atoms with Crippen LogP contribution in [0.25, 0.3) is 0 Å². The number of nitrogens with two attached hydrogens (primary N) is 1. The standard InChI is InChI=1S/C21H14BrClF4N2O4.C15H9ClF4O5.C6H7BrN2/c1-10-9-28-17(22)8-13(10)29-20(30)18-15(6-4-12(24)19(18)23)32-14-5-3-11(7-16(14)31-2)33-21(25,26)27;1-23-11-6-7(25-15(18,19)20)2-4-9(11)24-10-5-3-8(17)13(16)12(10)14(21)22;1-4-3-9-6(7)2-5(4)8/h3-9H,1-2H3,(H,28,29,30);2-6H,1H3,(H,21,22);2-3H,1H3,(H2,8,9). The molecular formula is C42H30Br2Cl2F8N4O9. The zero-order valence-electron chi connectivity index (χ0n) is 34.3. The van der Waals surface area contributed by atoms with E-state index in [1.807, 2.05) is 6.92 Å². The molecular weight excluding hydrogens is 1090 g/mol. The molecule has 1 amide bonds. The molecule has 6 aromatic rings. The normalized spacial score (nSPS) is 10.9. The number of nitrogens with zero attached hydrogens (tertiary/aromatic N) is 2. The maximum Gasteiger partial charge on any atom is 0.573 e. The molecule has 4 N–H and O–H groups in total. The van der Waals surface area contributed by atoms with Crippen molar-refractivity contribution in [3.05, 3.63) is 138 Å². The predicted octanol–water partition coefficient (Wildman–Crippen LogP) is 13.5. The first-order chi connectivity index (χ1) is 31.3. The monoisotopic (exact) mass is 1110 g/mol. The first-order valence-electron chi connectivity index (χ1n) is 18.0. The fourth-order valence-corrected chi connectivity index (χ4v) is 6.23. The lowest BCUT2D eigenvalue weighted by Gasteiger charge is -2.17. The number of benzene rings is 4. The largest absolute Gasteiger partial charge is 0.573 e.